The minimum absolute atomic E-state index is 0.342. The largest absolute Gasteiger partial charge is 0.316 e. The van der Waals surface area contributed by atoms with Gasteiger partial charge in [0, 0.05) is 18.9 Å². The molecule has 0 aromatic rings. The van der Waals surface area contributed by atoms with Gasteiger partial charge in [0.05, 0.1) is 0 Å². The van der Waals surface area contributed by atoms with Crippen LogP contribution in [0.2, 0.25) is 0 Å². The molecule has 5 aliphatic rings. The predicted octanol–water partition coefficient (Wildman–Crippen LogP) is 3.16. The van der Waals surface area contributed by atoms with Crippen molar-refractivity contribution in [3.63, 3.8) is 0 Å². The first kappa shape index (κ1) is 12.4. The van der Waals surface area contributed by atoms with Crippen molar-refractivity contribution in [3.05, 3.63) is 0 Å². The summed E-state index contributed by atoms with van der Waals surface area (Å²) in [6.45, 7) is 1.99. The summed E-state index contributed by atoms with van der Waals surface area (Å²) in [6, 6.07) is 0. The third-order valence-electron chi connectivity index (χ3n) is 6.58. The molecule has 0 spiro atoms. The Hall–Kier alpha value is -0.370. The minimum atomic E-state index is 0.342. The summed E-state index contributed by atoms with van der Waals surface area (Å²) >= 11 is 0. The molecular weight excluding hydrogens is 234 g/mol. The number of nitrogens with one attached hydrogen (secondary N) is 1. The fourth-order valence-electron chi connectivity index (χ4n) is 6.12. The van der Waals surface area contributed by atoms with E-state index in [0.717, 1.165) is 43.7 Å². The summed E-state index contributed by atoms with van der Waals surface area (Å²) in [5.41, 5.74) is 0.594. The lowest BCUT2D eigenvalue weighted by Gasteiger charge is -2.57. The van der Waals surface area contributed by atoms with Crippen LogP contribution in [0, 0.1) is 29.1 Å². The van der Waals surface area contributed by atoms with Crippen molar-refractivity contribution in [2.45, 2.75) is 57.8 Å². The second-order valence-electron chi connectivity index (χ2n) is 8.07. The molecule has 19 heavy (non-hydrogen) atoms. The van der Waals surface area contributed by atoms with Gasteiger partial charge in [0.1, 0.15) is 5.78 Å². The van der Waals surface area contributed by atoms with E-state index in [4.69, 9.17) is 0 Å². The lowest BCUT2D eigenvalue weighted by atomic mass is 9.48. The third-order valence-corrected chi connectivity index (χ3v) is 6.58. The minimum Gasteiger partial charge on any atom is -0.316 e. The molecule has 1 heterocycles. The molecule has 1 unspecified atom stereocenters. The molecule has 5 fully saturated rings. The number of hydrogen-bond donors (Lipinski definition) is 1. The molecule has 1 aliphatic heterocycles. The van der Waals surface area contributed by atoms with Crippen LogP contribution in [0.3, 0.4) is 0 Å². The van der Waals surface area contributed by atoms with Crippen molar-refractivity contribution in [1.29, 1.82) is 0 Å². The van der Waals surface area contributed by atoms with Gasteiger partial charge < -0.3 is 5.32 Å². The summed E-state index contributed by atoms with van der Waals surface area (Å²) in [5.74, 6) is 3.97. The number of Topliss-reactive ketones (excluding diaryl/α,β-unsaturated/α-hetero) is 1. The lowest BCUT2D eigenvalue weighted by Crippen LogP contribution is -2.46. The smallest absolute Gasteiger partial charge is 0.137 e. The summed E-state index contributed by atoms with van der Waals surface area (Å²) in [5, 5.41) is 3.33. The first-order valence-corrected chi connectivity index (χ1v) is 8.46. The van der Waals surface area contributed by atoms with Gasteiger partial charge in [0.15, 0.2) is 0 Å². The van der Waals surface area contributed by atoms with Crippen LogP contribution in [0.15, 0.2) is 0 Å². The Morgan fingerprint density at radius 3 is 2.21 bits per heavy atom. The molecule has 4 saturated carbocycles. The van der Waals surface area contributed by atoms with Crippen LogP contribution >= 0.6 is 0 Å². The molecule has 0 radical (unpaired) electrons. The average Bonchev–Trinajstić information content (AvgIpc) is 2.88. The normalized spacial score (nSPS) is 47.8. The summed E-state index contributed by atoms with van der Waals surface area (Å²) in [4.78, 5) is 12.3. The number of carbonyl (C=O) groups is 1. The van der Waals surface area contributed by atoms with Crippen molar-refractivity contribution in [2.75, 3.05) is 13.1 Å². The maximum Gasteiger partial charge on any atom is 0.137 e. The van der Waals surface area contributed by atoms with Gasteiger partial charge in [-0.2, -0.15) is 0 Å². The standard InChI is InChI=1S/C17H27NO/c19-16(15-2-4-18-11-15)1-3-17-8-12-5-13(9-17)7-14(6-12)10-17/h12-15,18H,1-11H2. The molecule has 2 nitrogen and oxygen atoms in total. The van der Waals surface area contributed by atoms with E-state index in [2.05, 4.69) is 5.32 Å². The summed E-state index contributed by atoms with van der Waals surface area (Å²) in [6.07, 6.45) is 12.1. The van der Waals surface area contributed by atoms with Crippen molar-refractivity contribution >= 4 is 5.78 Å². The number of hydrogen-bond acceptors (Lipinski definition) is 2. The molecule has 1 N–H and O–H groups in total. The average molecular weight is 261 g/mol. The van der Waals surface area contributed by atoms with Crippen LogP contribution in [0.5, 0.6) is 0 Å². The van der Waals surface area contributed by atoms with Crippen molar-refractivity contribution < 1.29 is 4.79 Å². The number of rotatable bonds is 4. The van der Waals surface area contributed by atoms with Crippen molar-refractivity contribution in [1.82, 2.24) is 5.32 Å². The fourth-order valence-corrected chi connectivity index (χ4v) is 6.12. The third kappa shape index (κ3) is 2.26. The Kier molecular flexibility index (Phi) is 2.98. The highest BCUT2D eigenvalue weighted by Crippen LogP contribution is 2.61. The van der Waals surface area contributed by atoms with E-state index >= 15 is 0 Å². The van der Waals surface area contributed by atoms with Crippen LogP contribution in [0.4, 0.5) is 0 Å². The number of ketones is 1. The molecule has 1 atom stereocenters. The van der Waals surface area contributed by atoms with Gasteiger partial charge in [-0.3, -0.25) is 4.79 Å². The van der Waals surface area contributed by atoms with Gasteiger partial charge in [-0.1, -0.05) is 0 Å². The zero-order chi connectivity index (χ0) is 12.9. The predicted molar refractivity (Wildman–Crippen MR) is 75.8 cm³/mol. The maximum absolute atomic E-state index is 12.3. The summed E-state index contributed by atoms with van der Waals surface area (Å²) in [7, 11) is 0. The molecule has 0 amide bonds. The maximum atomic E-state index is 12.3. The SMILES string of the molecule is O=C(CCC12CC3CC(CC(C3)C1)C2)C1CCNC1. The molecule has 106 valence electrons. The molecule has 4 aliphatic carbocycles. The highest BCUT2D eigenvalue weighted by molar-refractivity contribution is 5.81. The Morgan fingerprint density at radius 1 is 1.05 bits per heavy atom. The van der Waals surface area contributed by atoms with Crippen LogP contribution in [0.25, 0.3) is 0 Å². The fraction of sp³-hybridized carbons (Fsp3) is 0.941. The van der Waals surface area contributed by atoms with E-state index in [0.29, 0.717) is 17.1 Å². The Balaban J connectivity index is 1.38. The quantitative estimate of drug-likeness (QED) is 0.842. The zero-order valence-electron chi connectivity index (χ0n) is 12.0. The Morgan fingerprint density at radius 2 is 1.68 bits per heavy atom. The van der Waals surface area contributed by atoms with E-state index in [9.17, 15) is 4.79 Å². The second kappa shape index (κ2) is 4.58. The second-order valence-corrected chi connectivity index (χ2v) is 8.07. The van der Waals surface area contributed by atoms with E-state index in [1.165, 1.54) is 44.9 Å². The van der Waals surface area contributed by atoms with E-state index in [1.807, 2.05) is 0 Å². The Labute approximate surface area is 116 Å². The van der Waals surface area contributed by atoms with E-state index in [-0.39, 0.29) is 0 Å². The van der Waals surface area contributed by atoms with Crippen molar-refractivity contribution in [2.24, 2.45) is 29.1 Å². The van der Waals surface area contributed by atoms with E-state index in [1.54, 1.807) is 0 Å². The van der Waals surface area contributed by atoms with Gasteiger partial charge in [0.2, 0.25) is 0 Å². The first-order valence-electron chi connectivity index (χ1n) is 8.46. The molecule has 0 aromatic heterocycles. The van der Waals surface area contributed by atoms with Gasteiger partial charge >= 0.3 is 0 Å². The zero-order valence-corrected chi connectivity index (χ0v) is 12.0. The van der Waals surface area contributed by atoms with Crippen LogP contribution in [0.1, 0.15) is 57.8 Å². The highest BCUT2D eigenvalue weighted by atomic mass is 16.1. The van der Waals surface area contributed by atoms with Crippen LogP contribution < -0.4 is 5.32 Å². The highest BCUT2D eigenvalue weighted by Gasteiger charge is 2.50. The van der Waals surface area contributed by atoms with Gasteiger partial charge in [-0.25, -0.2) is 0 Å². The van der Waals surface area contributed by atoms with Crippen LogP contribution in [-0.4, -0.2) is 18.9 Å². The monoisotopic (exact) mass is 261 g/mol. The first-order chi connectivity index (χ1) is 9.22. The van der Waals surface area contributed by atoms with E-state index < -0.39 is 0 Å². The van der Waals surface area contributed by atoms with Crippen molar-refractivity contribution in [3.8, 4) is 0 Å². The topological polar surface area (TPSA) is 29.1 Å². The molecule has 4 bridgehead atoms. The molecular formula is C17H27NO. The Bertz CT molecular complexity index is 334. The van der Waals surface area contributed by atoms with Gasteiger partial charge in [-0.05, 0) is 81.1 Å². The molecule has 2 heteroatoms. The lowest BCUT2D eigenvalue weighted by molar-refractivity contribution is -0.124. The molecule has 5 rings (SSSR count). The van der Waals surface area contributed by atoms with Gasteiger partial charge in [-0.15, -0.1) is 0 Å². The molecule has 0 aromatic carbocycles. The van der Waals surface area contributed by atoms with Crippen LogP contribution in [-0.2, 0) is 4.79 Å². The molecule has 1 saturated heterocycles. The van der Waals surface area contributed by atoms with Gasteiger partial charge in [0.25, 0.3) is 0 Å². The number of carbonyl (C=O) groups excluding carboxylic acids is 1. The summed E-state index contributed by atoms with van der Waals surface area (Å²) < 4.78 is 0.